The largest absolute Gasteiger partial charge is 0.465 e. The van der Waals surface area contributed by atoms with E-state index in [4.69, 9.17) is 9.47 Å². The molecule has 0 amide bonds. The molecule has 0 N–H and O–H groups in total. The Kier molecular flexibility index (Phi) is 15.0. The molecule has 0 aliphatic heterocycles. The Morgan fingerprint density at radius 3 is 2.41 bits per heavy atom. The SMILES string of the molecule is C=CC/C=C(\C=C/CC(C)(C)C)c1ccc(COCCN(CCCCC=O)Cc2ccc(C(=O)OC)cc2)c(F)c1. The summed E-state index contributed by atoms with van der Waals surface area (Å²) < 4.78 is 25.7. The van der Waals surface area contributed by atoms with Crippen molar-refractivity contribution < 1.29 is 23.5 Å². The molecule has 6 heteroatoms. The molecule has 5 nitrogen and oxygen atoms in total. The Morgan fingerprint density at radius 1 is 1.05 bits per heavy atom. The van der Waals surface area contributed by atoms with Crippen molar-refractivity contribution in [2.24, 2.45) is 5.41 Å². The molecule has 0 spiro atoms. The van der Waals surface area contributed by atoms with E-state index in [1.165, 1.54) is 7.11 Å². The fourth-order valence-corrected chi connectivity index (χ4v) is 4.21. The Bertz CT molecular complexity index is 1160. The maximum atomic E-state index is 15.0. The van der Waals surface area contributed by atoms with Crippen LogP contribution < -0.4 is 0 Å². The van der Waals surface area contributed by atoms with Gasteiger partial charge in [-0.2, -0.15) is 0 Å². The topological polar surface area (TPSA) is 55.8 Å². The number of halogens is 1. The van der Waals surface area contributed by atoms with E-state index in [-0.39, 0.29) is 23.8 Å². The second kappa shape index (κ2) is 18.2. The maximum absolute atomic E-state index is 15.0. The van der Waals surface area contributed by atoms with Crippen LogP contribution in [0.2, 0.25) is 0 Å². The third-order valence-electron chi connectivity index (χ3n) is 6.56. The molecular formula is C35H46FNO4. The third-order valence-corrected chi connectivity index (χ3v) is 6.56. The van der Waals surface area contributed by atoms with Gasteiger partial charge in [0, 0.05) is 25.1 Å². The summed E-state index contributed by atoms with van der Waals surface area (Å²) in [5.41, 5.74) is 4.09. The molecule has 0 heterocycles. The Morgan fingerprint density at radius 2 is 1.78 bits per heavy atom. The van der Waals surface area contributed by atoms with E-state index < -0.39 is 0 Å². The number of esters is 1. The molecule has 0 atom stereocenters. The predicted octanol–water partition coefficient (Wildman–Crippen LogP) is 7.95. The van der Waals surface area contributed by atoms with E-state index >= 15 is 4.39 Å². The molecule has 2 aromatic carbocycles. The molecule has 0 saturated heterocycles. The number of hydrogen-bond donors (Lipinski definition) is 0. The third kappa shape index (κ3) is 13.2. The van der Waals surface area contributed by atoms with E-state index in [0.717, 1.165) is 48.8 Å². The quantitative estimate of drug-likeness (QED) is 0.0606. The van der Waals surface area contributed by atoms with Gasteiger partial charge in [-0.3, -0.25) is 4.90 Å². The molecule has 0 aliphatic carbocycles. The van der Waals surface area contributed by atoms with Crippen molar-refractivity contribution in [1.82, 2.24) is 4.90 Å². The summed E-state index contributed by atoms with van der Waals surface area (Å²) in [6.45, 7) is 13.1. The van der Waals surface area contributed by atoms with Crippen LogP contribution in [0, 0.1) is 11.2 Å². The van der Waals surface area contributed by atoms with Crippen LogP contribution in [0.5, 0.6) is 0 Å². The number of allylic oxidation sites excluding steroid dienone is 5. The van der Waals surface area contributed by atoms with Crippen LogP contribution in [-0.2, 0) is 27.4 Å². The summed E-state index contributed by atoms with van der Waals surface area (Å²) in [5.74, 6) is -0.649. The zero-order valence-electron chi connectivity index (χ0n) is 25.2. The van der Waals surface area contributed by atoms with Crippen LogP contribution in [0.1, 0.15) is 79.9 Å². The number of nitrogens with zero attached hydrogens (tertiary/aromatic N) is 1. The molecule has 0 saturated carbocycles. The maximum Gasteiger partial charge on any atom is 0.337 e. The lowest BCUT2D eigenvalue weighted by molar-refractivity contribution is -0.107. The zero-order valence-corrected chi connectivity index (χ0v) is 25.2. The average molecular weight is 564 g/mol. The highest BCUT2D eigenvalue weighted by molar-refractivity contribution is 5.89. The van der Waals surface area contributed by atoms with Crippen LogP contribution in [0.3, 0.4) is 0 Å². The molecule has 41 heavy (non-hydrogen) atoms. The summed E-state index contributed by atoms with van der Waals surface area (Å²) in [6.07, 6.45) is 12.9. The van der Waals surface area contributed by atoms with Gasteiger partial charge in [-0.15, -0.1) is 6.58 Å². The van der Waals surface area contributed by atoms with Crippen molar-refractivity contribution in [3.05, 3.63) is 101 Å². The molecule has 0 aromatic heterocycles. The number of carbonyl (C=O) groups is 2. The van der Waals surface area contributed by atoms with E-state index in [1.807, 2.05) is 24.3 Å². The van der Waals surface area contributed by atoms with Crippen molar-refractivity contribution in [3.8, 4) is 0 Å². The number of hydrogen-bond acceptors (Lipinski definition) is 5. The monoisotopic (exact) mass is 563 g/mol. The zero-order chi connectivity index (χ0) is 30.1. The van der Waals surface area contributed by atoms with Crippen LogP contribution in [-0.4, -0.2) is 44.0 Å². The minimum Gasteiger partial charge on any atom is -0.465 e. The summed E-state index contributed by atoms with van der Waals surface area (Å²) >= 11 is 0. The van der Waals surface area contributed by atoms with Gasteiger partial charge in [-0.05, 0) is 72.5 Å². The van der Waals surface area contributed by atoms with Crippen molar-refractivity contribution in [2.45, 2.75) is 66.0 Å². The predicted molar refractivity (Wildman–Crippen MR) is 165 cm³/mol. The molecular weight excluding hydrogens is 517 g/mol. The number of ether oxygens (including phenoxy) is 2. The standard InChI is InChI=1S/C35H46FNO4/c1-6-7-12-29(13-11-20-35(2,3)4)31-18-19-32(33(36)25-31)27-41-24-22-37(21-9-8-10-23-38)26-28-14-16-30(17-15-28)34(39)40-5/h6,11-19,23,25H,1,7-10,20-22,24,26-27H2,2-5H3/b13-11-,29-12+. The van der Waals surface area contributed by atoms with E-state index in [0.29, 0.717) is 43.7 Å². The van der Waals surface area contributed by atoms with E-state index in [9.17, 15) is 9.59 Å². The van der Waals surface area contributed by atoms with Gasteiger partial charge in [0.25, 0.3) is 0 Å². The van der Waals surface area contributed by atoms with Gasteiger partial charge in [0.2, 0.25) is 0 Å². The van der Waals surface area contributed by atoms with Crippen molar-refractivity contribution in [2.75, 3.05) is 26.8 Å². The molecule has 0 bridgehead atoms. The molecule has 0 unspecified atom stereocenters. The van der Waals surface area contributed by atoms with Crippen LogP contribution in [0.15, 0.2) is 73.3 Å². The molecule has 0 fully saturated rings. The van der Waals surface area contributed by atoms with E-state index in [1.54, 1.807) is 24.3 Å². The number of methoxy groups -OCH3 is 1. The summed E-state index contributed by atoms with van der Waals surface area (Å²) in [5, 5.41) is 0. The first-order valence-corrected chi connectivity index (χ1v) is 14.3. The summed E-state index contributed by atoms with van der Waals surface area (Å²) in [4.78, 5) is 24.7. The number of benzene rings is 2. The molecule has 222 valence electrons. The van der Waals surface area contributed by atoms with Crippen molar-refractivity contribution >= 4 is 17.8 Å². The molecule has 0 radical (unpaired) electrons. The van der Waals surface area contributed by atoms with Gasteiger partial charge in [-0.1, -0.05) is 69.3 Å². The molecule has 2 aromatic rings. The number of rotatable bonds is 18. The highest BCUT2D eigenvalue weighted by Gasteiger charge is 2.11. The minimum absolute atomic E-state index is 0.185. The smallest absolute Gasteiger partial charge is 0.337 e. The highest BCUT2D eigenvalue weighted by atomic mass is 19.1. The normalized spacial score (nSPS) is 12.2. The van der Waals surface area contributed by atoms with Gasteiger partial charge in [0.1, 0.15) is 12.1 Å². The van der Waals surface area contributed by atoms with Crippen LogP contribution >= 0.6 is 0 Å². The Balaban J connectivity index is 1.98. The first kappa shape index (κ1) is 33.9. The fourth-order valence-electron chi connectivity index (χ4n) is 4.21. The number of aldehydes is 1. The second-order valence-corrected chi connectivity index (χ2v) is 11.3. The highest BCUT2D eigenvalue weighted by Crippen LogP contribution is 2.24. The first-order chi connectivity index (χ1) is 19.7. The van der Waals surface area contributed by atoms with Gasteiger partial charge >= 0.3 is 5.97 Å². The van der Waals surface area contributed by atoms with Gasteiger partial charge in [0.15, 0.2) is 0 Å². The lowest BCUT2D eigenvalue weighted by Gasteiger charge is -2.22. The first-order valence-electron chi connectivity index (χ1n) is 14.3. The average Bonchev–Trinajstić information content (AvgIpc) is 2.95. The lowest BCUT2D eigenvalue weighted by Crippen LogP contribution is -2.28. The fraction of sp³-hybridized carbons (Fsp3) is 0.429. The van der Waals surface area contributed by atoms with Gasteiger partial charge in [-0.25, -0.2) is 9.18 Å². The lowest BCUT2D eigenvalue weighted by atomic mass is 9.91. The van der Waals surface area contributed by atoms with Gasteiger partial charge in [0.05, 0.1) is 25.9 Å². The van der Waals surface area contributed by atoms with Crippen LogP contribution in [0.4, 0.5) is 4.39 Å². The van der Waals surface area contributed by atoms with Crippen molar-refractivity contribution in [1.29, 1.82) is 0 Å². The number of carbonyl (C=O) groups excluding carboxylic acids is 2. The summed E-state index contributed by atoms with van der Waals surface area (Å²) in [7, 11) is 1.36. The Hall–Kier alpha value is -3.35. The summed E-state index contributed by atoms with van der Waals surface area (Å²) in [6, 6.07) is 12.7. The molecule has 0 aliphatic rings. The van der Waals surface area contributed by atoms with E-state index in [2.05, 4.69) is 50.5 Å². The van der Waals surface area contributed by atoms with Crippen LogP contribution in [0.25, 0.3) is 5.57 Å². The second-order valence-electron chi connectivity index (χ2n) is 11.3. The van der Waals surface area contributed by atoms with Crippen molar-refractivity contribution in [3.63, 3.8) is 0 Å². The Labute approximate surface area is 245 Å². The number of unbranched alkanes of at least 4 members (excludes halogenated alkanes) is 2. The minimum atomic E-state index is -0.364. The molecule has 2 rings (SSSR count). The van der Waals surface area contributed by atoms with Gasteiger partial charge < -0.3 is 14.3 Å².